The molecule has 3 aromatic rings. The predicted molar refractivity (Wildman–Crippen MR) is 116 cm³/mol. The molecule has 5 nitrogen and oxygen atoms in total. The normalized spacial score (nSPS) is 11.0. The predicted octanol–water partition coefficient (Wildman–Crippen LogP) is 4.36. The molecule has 3 rings (SSSR count). The zero-order valence-corrected chi connectivity index (χ0v) is 17.3. The van der Waals surface area contributed by atoms with E-state index in [1.165, 1.54) is 0 Å². The lowest BCUT2D eigenvalue weighted by Crippen LogP contribution is -2.16. The lowest BCUT2D eigenvalue weighted by atomic mass is 9.92. The van der Waals surface area contributed by atoms with Crippen LogP contribution in [0.5, 0.6) is 0 Å². The Morgan fingerprint density at radius 1 is 1.04 bits per heavy atom. The highest BCUT2D eigenvalue weighted by Crippen LogP contribution is 2.25. The zero-order valence-electron chi connectivity index (χ0n) is 16.5. The van der Waals surface area contributed by atoms with Gasteiger partial charge < -0.3 is 11.1 Å². The fraction of sp³-hybridized carbons (Fsp3) is 0.273. The number of rotatable bonds is 5. The first-order valence-electron chi connectivity index (χ1n) is 9.09. The van der Waals surface area contributed by atoms with Crippen LogP contribution in [0.4, 0.5) is 5.82 Å². The third-order valence-corrected chi connectivity index (χ3v) is 4.42. The number of hydrogen-bond acceptors (Lipinski definition) is 3. The van der Waals surface area contributed by atoms with E-state index >= 15 is 0 Å². The molecule has 1 aromatic heterocycles. The summed E-state index contributed by atoms with van der Waals surface area (Å²) in [7, 11) is 0. The van der Waals surface area contributed by atoms with E-state index in [4.69, 9.17) is 10.8 Å². The van der Waals surface area contributed by atoms with Gasteiger partial charge >= 0.3 is 0 Å². The SMILES string of the molecule is CC(C)(C)c1cc(NC(=O)c2ccc(CN)cc2)n(Cc2ccccc2)n1.Cl. The van der Waals surface area contributed by atoms with Crippen molar-refractivity contribution in [2.45, 2.75) is 39.3 Å². The Balaban J connectivity index is 0.00000280. The molecule has 0 aliphatic rings. The molecule has 0 fully saturated rings. The number of carbonyl (C=O) groups excluding carboxylic acids is 1. The highest BCUT2D eigenvalue weighted by atomic mass is 35.5. The second kappa shape index (κ2) is 9.04. The first kappa shape index (κ1) is 21.7. The molecule has 0 saturated heterocycles. The number of benzene rings is 2. The summed E-state index contributed by atoms with van der Waals surface area (Å²) in [6, 6.07) is 19.4. The van der Waals surface area contributed by atoms with Gasteiger partial charge in [-0.05, 0) is 23.3 Å². The van der Waals surface area contributed by atoms with Crippen LogP contribution in [-0.4, -0.2) is 15.7 Å². The van der Waals surface area contributed by atoms with E-state index in [9.17, 15) is 4.79 Å². The quantitative estimate of drug-likeness (QED) is 0.670. The Kier molecular flexibility index (Phi) is 7.00. The summed E-state index contributed by atoms with van der Waals surface area (Å²) in [5.74, 6) is 0.532. The van der Waals surface area contributed by atoms with Crippen molar-refractivity contribution < 1.29 is 4.79 Å². The van der Waals surface area contributed by atoms with Gasteiger partial charge in [0.05, 0.1) is 12.2 Å². The van der Waals surface area contributed by atoms with Crippen molar-refractivity contribution in [2.75, 3.05) is 5.32 Å². The average Bonchev–Trinajstić information content (AvgIpc) is 3.05. The zero-order chi connectivity index (χ0) is 19.4. The number of carbonyl (C=O) groups is 1. The van der Waals surface area contributed by atoms with Crippen LogP contribution >= 0.6 is 12.4 Å². The van der Waals surface area contributed by atoms with Gasteiger partial charge in [-0.3, -0.25) is 4.79 Å². The second-order valence-corrected chi connectivity index (χ2v) is 7.66. The van der Waals surface area contributed by atoms with Gasteiger partial charge in [-0.15, -0.1) is 12.4 Å². The summed E-state index contributed by atoms with van der Waals surface area (Å²) in [6.45, 7) is 7.39. The van der Waals surface area contributed by atoms with E-state index in [1.54, 1.807) is 12.1 Å². The molecule has 2 aromatic carbocycles. The maximum absolute atomic E-state index is 12.7. The first-order chi connectivity index (χ1) is 12.9. The monoisotopic (exact) mass is 398 g/mol. The summed E-state index contributed by atoms with van der Waals surface area (Å²) in [4.78, 5) is 12.7. The number of halogens is 1. The Morgan fingerprint density at radius 3 is 2.25 bits per heavy atom. The molecule has 0 saturated carbocycles. The van der Waals surface area contributed by atoms with Crippen molar-refractivity contribution in [3.8, 4) is 0 Å². The third-order valence-electron chi connectivity index (χ3n) is 4.42. The van der Waals surface area contributed by atoms with Crippen LogP contribution in [0, 0.1) is 0 Å². The van der Waals surface area contributed by atoms with E-state index in [0.717, 1.165) is 16.8 Å². The molecule has 3 N–H and O–H groups in total. The third kappa shape index (κ3) is 5.21. The molecule has 1 amide bonds. The molecule has 28 heavy (non-hydrogen) atoms. The Hall–Kier alpha value is -2.63. The van der Waals surface area contributed by atoms with Gasteiger partial charge in [0.25, 0.3) is 5.91 Å². The van der Waals surface area contributed by atoms with Gasteiger partial charge in [0.15, 0.2) is 0 Å². The Morgan fingerprint density at radius 2 is 1.68 bits per heavy atom. The molecule has 0 aliphatic heterocycles. The van der Waals surface area contributed by atoms with Gasteiger partial charge in [0.2, 0.25) is 0 Å². The van der Waals surface area contributed by atoms with Crippen LogP contribution in [0.1, 0.15) is 48.0 Å². The molecular formula is C22H27ClN4O. The highest BCUT2D eigenvalue weighted by molar-refractivity contribution is 6.03. The van der Waals surface area contributed by atoms with Crippen molar-refractivity contribution in [1.82, 2.24) is 9.78 Å². The van der Waals surface area contributed by atoms with Crippen LogP contribution in [0.15, 0.2) is 60.7 Å². The number of nitrogens with zero attached hydrogens (tertiary/aromatic N) is 2. The molecule has 0 atom stereocenters. The van der Waals surface area contributed by atoms with Gasteiger partial charge in [-0.25, -0.2) is 4.68 Å². The highest BCUT2D eigenvalue weighted by Gasteiger charge is 2.21. The first-order valence-corrected chi connectivity index (χ1v) is 9.09. The smallest absolute Gasteiger partial charge is 0.256 e. The largest absolute Gasteiger partial charge is 0.326 e. The minimum absolute atomic E-state index is 0. The van der Waals surface area contributed by atoms with Crippen molar-refractivity contribution in [2.24, 2.45) is 5.73 Å². The molecule has 0 unspecified atom stereocenters. The van der Waals surface area contributed by atoms with E-state index < -0.39 is 0 Å². The van der Waals surface area contributed by atoms with Crippen LogP contribution in [-0.2, 0) is 18.5 Å². The van der Waals surface area contributed by atoms with Gasteiger partial charge in [-0.2, -0.15) is 5.10 Å². The topological polar surface area (TPSA) is 72.9 Å². The lowest BCUT2D eigenvalue weighted by molar-refractivity contribution is 0.102. The van der Waals surface area contributed by atoms with Crippen LogP contribution in [0.3, 0.4) is 0 Å². The Bertz CT molecular complexity index is 912. The molecule has 0 aliphatic carbocycles. The summed E-state index contributed by atoms with van der Waals surface area (Å²) in [5.41, 5.74) is 9.17. The average molecular weight is 399 g/mol. The maximum atomic E-state index is 12.7. The molecule has 0 bridgehead atoms. The van der Waals surface area contributed by atoms with E-state index in [0.29, 0.717) is 24.5 Å². The molecule has 1 heterocycles. The molecule has 148 valence electrons. The van der Waals surface area contributed by atoms with Crippen molar-refractivity contribution in [3.63, 3.8) is 0 Å². The van der Waals surface area contributed by atoms with E-state index in [1.807, 2.05) is 41.1 Å². The lowest BCUT2D eigenvalue weighted by Gasteiger charge is -2.14. The van der Waals surface area contributed by atoms with Gasteiger partial charge in [-0.1, -0.05) is 63.2 Å². The summed E-state index contributed by atoms with van der Waals surface area (Å²) in [6.07, 6.45) is 0. The number of anilines is 1. The van der Waals surface area contributed by atoms with Crippen LogP contribution < -0.4 is 11.1 Å². The van der Waals surface area contributed by atoms with Crippen LogP contribution in [0.25, 0.3) is 0 Å². The number of nitrogens with one attached hydrogen (secondary N) is 1. The minimum atomic E-state index is -0.159. The van der Waals surface area contributed by atoms with E-state index in [-0.39, 0.29) is 23.7 Å². The number of aromatic nitrogens is 2. The fourth-order valence-electron chi connectivity index (χ4n) is 2.74. The van der Waals surface area contributed by atoms with Crippen LogP contribution in [0.2, 0.25) is 0 Å². The fourth-order valence-corrected chi connectivity index (χ4v) is 2.74. The molecule has 0 radical (unpaired) electrons. The molecular weight excluding hydrogens is 372 g/mol. The minimum Gasteiger partial charge on any atom is -0.326 e. The standard InChI is InChI=1S/C22H26N4O.ClH/c1-22(2,3)19-13-20(26(25-19)15-17-7-5-4-6-8-17)24-21(27)18-11-9-16(14-23)10-12-18;/h4-13H,14-15,23H2,1-3H3,(H,24,27);1H. The molecule has 6 heteroatoms. The molecule has 0 spiro atoms. The Labute approximate surface area is 172 Å². The van der Waals surface area contributed by atoms with Crippen molar-refractivity contribution in [3.05, 3.63) is 83.0 Å². The number of hydrogen-bond donors (Lipinski definition) is 2. The maximum Gasteiger partial charge on any atom is 0.256 e. The number of nitrogens with two attached hydrogens (primary N) is 1. The van der Waals surface area contributed by atoms with Gasteiger partial charge in [0, 0.05) is 23.6 Å². The second-order valence-electron chi connectivity index (χ2n) is 7.66. The number of amides is 1. The van der Waals surface area contributed by atoms with E-state index in [2.05, 4.69) is 38.2 Å². The van der Waals surface area contributed by atoms with Gasteiger partial charge in [0.1, 0.15) is 5.82 Å². The van der Waals surface area contributed by atoms with Crippen molar-refractivity contribution >= 4 is 24.1 Å². The summed E-state index contributed by atoms with van der Waals surface area (Å²) < 4.78 is 1.85. The van der Waals surface area contributed by atoms with Crippen molar-refractivity contribution in [1.29, 1.82) is 0 Å². The summed E-state index contributed by atoms with van der Waals surface area (Å²) >= 11 is 0. The summed E-state index contributed by atoms with van der Waals surface area (Å²) in [5, 5.41) is 7.74.